The Morgan fingerprint density at radius 2 is 1.78 bits per heavy atom. The van der Waals surface area contributed by atoms with E-state index in [2.05, 4.69) is 4.99 Å². The number of hydrogen-bond acceptors (Lipinski definition) is 6. The van der Waals surface area contributed by atoms with Gasteiger partial charge in [-0.3, -0.25) is 9.36 Å². The second-order valence-corrected chi connectivity index (χ2v) is 8.17. The minimum Gasteiger partial charge on any atom is -0.497 e. The molecule has 0 bridgehead atoms. The number of methoxy groups -OCH3 is 2. The van der Waals surface area contributed by atoms with E-state index in [-0.39, 0.29) is 5.56 Å². The van der Waals surface area contributed by atoms with E-state index >= 15 is 0 Å². The van der Waals surface area contributed by atoms with Crippen molar-refractivity contribution in [3.8, 4) is 5.75 Å². The average molecular weight is 447 g/mol. The molecule has 162 valence electrons. The first-order valence-electron chi connectivity index (χ1n) is 10.00. The number of nitrogens with zero attached hydrogens (tertiary/aromatic N) is 2. The Balaban J connectivity index is 1.85. The lowest BCUT2D eigenvalue weighted by atomic mass is 10.0. The molecule has 0 N–H and O–H groups in total. The van der Waals surface area contributed by atoms with Gasteiger partial charge in [-0.2, -0.15) is 0 Å². The number of ether oxygens (including phenoxy) is 2. The molecule has 2 heterocycles. The normalized spacial score (nSPS) is 16.1. The molecule has 6 nitrogen and oxygen atoms in total. The van der Waals surface area contributed by atoms with Crippen LogP contribution in [-0.2, 0) is 9.53 Å². The van der Waals surface area contributed by atoms with E-state index < -0.39 is 12.0 Å². The molecule has 4 rings (SSSR count). The fourth-order valence-corrected chi connectivity index (χ4v) is 4.59. The second kappa shape index (κ2) is 9.20. The largest absolute Gasteiger partial charge is 0.497 e. The molecule has 1 aromatic heterocycles. The van der Waals surface area contributed by atoms with Crippen molar-refractivity contribution in [3.05, 3.63) is 103 Å². The summed E-state index contributed by atoms with van der Waals surface area (Å²) in [6.07, 6.45) is 5.56. The van der Waals surface area contributed by atoms with Crippen LogP contribution in [0.1, 0.15) is 24.1 Å². The first-order chi connectivity index (χ1) is 15.5. The van der Waals surface area contributed by atoms with Crippen molar-refractivity contribution >= 4 is 29.5 Å². The maximum atomic E-state index is 13.4. The van der Waals surface area contributed by atoms with Gasteiger partial charge in [0.05, 0.1) is 36.1 Å². The molecule has 0 spiro atoms. The number of carbonyl (C=O) groups is 1. The molecule has 1 aliphatic heterocycles. The minimum absolute atomic E-state index is 0.207. The highest BCUT2D eigenvalue weighted by Gasteiger charge is 2.30. The Morgan fingerprint density at radius 3 is 2.44 bits per heavy atom. The minimum atomic E-state index is -0.614. The molecule has 0 aliphatic carbocycles. The van der Waals surface area contributed by atoms with Crippen molar-refractivity contribution in [1.29, 1.82) is 0 Å². The van der Waals surface area contributed by atoms with Crippen LogP contribution in [0.25, 0.3) is 12.2 Å². The van der Waals surface area contributed by atoms with Crippen molar-refractivity contribution in [3.63, 3.8) is 0 Å². The summed E-state index contributed by atoms with van der Waals surface area (Å²) < 4.78 is 12.3. The quantitative estimate of drug-likeness (QED) is 0.565. The molecule has 1 aliphatic rings. The summed E-state index contributed by atoms with van der Waals surface area (Å²) in [6.45, 7) is 1.76. The van der Waals surface area contributed by atoms with Gasteiger partial charge < -0.3 is 9.47 Å². The molecular weight excluding hydrogens is 424 g/mol. The predicted octanol–water partition coefficient (Wildman–Crippen LogP) is 3.08. The van der Waals surface area contributed by atoms with Crippen LogP contribution < -0.4 is 19.6 Å². The Morgan fingerprint density at radius 1 is 1.06 bits per heavy atom. The zero-order valence-electron chi connectivity index (χ0n) is 17.9. The van der Waals surface area contributed by atoms with Gasteiger partial charge in [0, 0.05) is 0 Å². The third-order valence-electron chi connectivity index (χ3n) is 5.15. The average Bonchev–Trinajstić information content (AvgIpc) is 3.12. The second-order valence-electron chi connectivity index (χ2n) is 7.16. The maximum Gasteiger partial charge on any atom is 0.338 e. The maximum absolute atomic E-state index is 13.4. The fraction of sp³-hybridized carbons (Fsp3) is 0.160. The number of benzene rings is 2. The molecule has 7 heteroatoms. The molecule has 3 aromatic rings. The van der Waals surface area contributed by atoms with Crippen molar-refractivity contribution in [1.82, 2.24) is 4.57 Å². The summed E-state index contributed by atoms with van der Waals surface area (Å²) in [5, 5.41) is 0. The van der Waals surface area contributed by atoms with Gasteiger partial charge >= 0.3 is 5.97 Å². The first kappa shape index (κ1) is 21.5. The lowest BCUT2D eigenvalue weighted by Gasteiger charge is -2.21. The molecular formula is C25H22N2O4S. The van der Waals surface area contributed by atoms with E-state index in [1.54, 1.807) is 18.6 Å². The predicted molar refractivity (Wildman–Crippen MR) is 125 cm³/mol. The number of carbonyl (C=O) groups excluding carboxylic acids is 1. The molecule has 0 saturated heterocycles. The highest BCUT2D eigenvalue weighted by molar-refractivity contribution is 7.07. The van der Waals surface area contributed by atoms with E-state index in [1.165, 1.54) is 18.4 Å². The third kappa shape index (κ3) is 4.20. The van der Waals surface area contributed by atoms with E-state index in [0.29, 0.717) is 20.6 Å². The lowest BCUT2D eigenvalue weighted by molar-refractivity contribution is -0.136. The van der Waals surface area contributed by atoms with Gasteiger partial charge in [-0.25, -0.2) is 9.79 Å². The van der Waals surface area contributed by atoms with E-state index in [9.17, 15) is 9.59 Å². The molecule has 0 amide bonds. The summed E-state index contributed by atoms with van der Waals surface area (Å²) >= 11 is 1.29. The number of fused-ring (bicyclic) bond motifs is 1. The van der Waals surface area contributed by atoms with Gasteiger partial charge in [-0.15, -0.1) is 0 Å². The van der Waals surface area contributed by atoms with Crippen LogP contribution in [0.3, 0.4) is 0 Å². The number of esters is 1. The van der Waals surface area contributed by atoms with E-state index in [4.69, 9.17) is 9.47 Å². The van der Waals surface area contributed by atoms with Crippen LogP contribution in [0.5, 0.6) is 5.75 Å². The van der Waals surface area contributed by atoms with Crippen LogP contribution in [0.2, 0.25) is 0 Å². The van der Waals surface area contributed by atoms with Gasteiger partial charge in [0.25, 0.3) is 5.56 Å². The molecule has 0 unspecified atom stereocenters. The van der Waals surface area contributed by atoms with Gasteiger partial charge in [-0.05, 0) is 36.3 Å². The molecule has 0 radical (unpaired) electrons. The molecule has 2 aromatic carbocycles. The fourth-order valence-electron chi connectivity index (χ4n) is 3.54. The molecule has 32 heavy (non-hydrogen) atoms. The number of aromatic nitrogens is 1. The summed E-state index contributed by atoms with van der Waals surface area (Å²) in [7, 11) is 2.94. The molecule has 0 saturated carbocycles. The number of rotatable bonds is 5. The Labute approximate surface area is 189 Å². The van der Waals surface area contributed by atoms with Crippen LogP contribution in [0, 0.1) is 0 Å². The monoisotopic (exact) mass is 446 g/mol. The van der Waals surface area contributed by atoms with Crippen molar-refractivity contribution < 1.29 is 14.3 Å². The third-order valence-corrected chi connectivity index (χ3v) is 6.14. The lowest BCUT2D eigenvalue weighted by Crippen LogP contribution is -2.38. The van der Waals surface area contributed by atoms with Gasteiger partial charge in [0.1, 0.15) is 5.75 Å². The van der Waals surface area contributed by atoms with Crippen molar-refractivity contribution in [2.45, 2.75) is 13.0 Å². The highest BCUT2D eigenvalue weighted by atomic mass is 32.1. The van der Waals surface area contributed by atoms with E-state index in [1.807, 2.05) is 72.8 Å². The van der Waals surface area contributed by atoms with Gasteiger partial charge in [0.15, 0.2) is 4.80 Å². The number of allylic oxidation sites excluding steroid dienone is 2. The summed E-state index contributed by atoms with van der Waals surface area (Å²) in [6, 6.07) is 16.5. The zero-order chi connectivity index (χ0) is 22.7. The molecule has 1 atom stereocenters. The first-order valence-corrected chi connectivity index (χ1v) is 10.8. The Bertz CT molecular complexity index is 1380. The van der Waals surface area contributed by atoms with Gasteiger partial charge in [0.2, 0.25) is 0 Å². The van der Waals surface area contributed by atoms with Crippen LogP contribution in [0.15, 0.2) is 81.7 Å². The zero-order valence-corrected chi connectivity index (χ0v) is 18.8. The molecule has 0 fully saturated rings. The van der Waals surface area contributed by atoms with Crippen LogP contribution in [-0.4, -0.2) is 24.8 Å². The SMILES string of the molecule is COC(=O)C1=C(C)N=c2s/c(=C/c3ccc(OC)cc3)c(=O)n2[C@@H]1/C=C/c1ccccc1. The van der Waals surface area contributed by atoms with Crippen molar-refractivity contribution in [2.24, 2.45) is 4.99 Å². The summed E-state index contributed by atoms with van der Waals surface area (Å²) in [5.41, 5.74) is 2.52. The van der Waals surface area contributed by atoms with E-state index in [0.717, 1.165) is 16.9 Å². The number of hydrogen-bond donors (Lipinski definition) is 0. The van der Waals surface area contributed by atoms with Crippen LogP contribution >= 0.6 is 11.3 Å². The van der Waals surface area contributed by atoms with Crippen LogP contribution in [0.4, 0.5) is 0 Å². The Hall–Kier alpha value is -3.71. The van der Waals surface area contributed by atoms with Gasteiger partial charge in [-0.1, -0.05) is 66.0 Å². The smallest absolute Gasteiger partial charge is 0.338 e. The number of thiazole rings is 1. The van der Waals surface area contributed by atoms with Crippen molar-refractivity contribution in [2.75, 3.05) is 14.2 Å². The summed E-state index contributed by atoms with van der Waals surface area (Å²) in [5.74, 6) is 0.242. The standard InChI is InChI=1S/C25H22N2O4S/c1-16-22(24(29)31-3)20(14-11-17-7-5-4-6-8-17)27-23(28)21(32-25(27)26-16)15-18-9-12-19(30-2)13-10-18/h4-15,20H,1-3H3/b14-11+,21-15+/t20-/m1/s1. The Kier molecular flexibility index (Phi) is 6.18. The highest BCUT2D eigenvalue weighted by Crippen LogP contribution is 2.26. The summed E-state index contributed by atoms with van der Waals surface area (Å²) in [4.78, 5) is 31.0. The topological polar surface area (TPSA) is 69.9 Å².